The van der Waals surface area contributed by atoms with Gasteiger partial charge < -0.3 is 5.11 Å². The second-order valence-electron chi connectivity index (χ2n) is 4.72. The highest BCUT2D eigenvalue weighted by atomic mass is 16.4. The van der Waals surface area contributed by atoms with Crippen LogP contribution in [0.15, 0.2) is 42.5 Å². The van der Waals surface area contributed by atoms with E-state index in [0.717, 1.165) is 11.3 Å². The molecule has 2 heterocycles. The molecule has 0 atom stereocenters. The number of benzene rings is 1. The molecule has 0 amide bonds. The third-order valence-electron chi connectivity index (χ3n) is 3.19. The van der Waals surface area contributed by atoms with Crippen molar-refractivity contribution in [3.8, 4) is 11.3 Å². The first kappa shape index (κ1) is 13.2. The van der Waals surface area contributed by atoms with E-state index in [9.17, 15) is 4.79 Å². The molecule has 2 aromatic heterocycles. The second kappa shape index (κ2) is 5.70. The number of hydrogen-bond donors (Lipinski definition) is 1. The molecule has 1 N–H and O–H groups in total. The Balaban J connectivity index is 1.91. The molecule has 0 aliphatic carbocycles. The van der Waals surface area contributed by atoms with Gasteiger partial charge >= 0.3 is 5.97 Å². The van der Waals surface area contributed by atoms with Crippen molar-refractivity contribution in [2.45, 2.75) is 19.3 Å². The Morgan fingerprint density at radius 1 is 1.10 bits per heavy atom. The Hall–Kier alpha value is -2.76. The van der Waals surface area contributed by atoms with Gasteiger partial charge in [-0.3, -0.25) is 4.79 Å². The van der Waals surface area contributed by atoms with E-state index in [1.165, 1.54) is 0 Å². The van der Waals surface area contributed by atoms with Crippen molar-refractivity contribution in [1.82, 2.24) is 19.8 Å². The number of aromatic nitrogens is 4. The highest BCUT2D eigenvalue weighted by Gasteiger charge is 2.09. The number of carboxylic acids is 1. The SMILES string of the molecule is O=C(O)CCCc1nnc2ccc(-c3ccccc3)nn12. The number of aryl methyl sites for hydroxylation is 1. The van der Waals surface area contributed by atoms with Crippen LogP contribution in [0, 0.1) is 0 Å². The number of aliphatic carboxylic acids is 1. The Morgan fingerprint density at radius 3 is 2.67 bits per heavy atom. The normalized spacial score (nSPS) is 10.9. The van der Waals surface area contributed by atoms with E-state index in [1.807, 2.05) is 42.5 Å². The molecule has 0 aliphatic heterocycles. The van der Waals surface area contributed by atoms with E-state index in [2.05, 4.69) is 15.3 Å². The number of rotatable bonds is 5. The van der Waals surface area contributed by atoms with Crippen LogP contribution in [-0.4, -0.2) is 30.9 Å². The summed E-state index contributed by atoms with van der Waals surface area (Å²) in [5.74, 6) is -0.120. The van der Waals surface area contributed by atoms with E-state index in [-0.39, 0.29) is 6.42 Å². The maximum atomic E-state index is 10.6. The third kappa shape index (κ3) is 2.89. The first-order valence-corrected chi connectivity index (χ1v) is 6.72. The van der Waals surface area contributed by atoms with Gasteiger partial charge in [0.2, 0.25) is 0 Å². The molecule has 0 bridgehead atoms. The largest absolute Gasteiger partial charge is 0.481 e. The lowest BCUT2D eigenvalue weighted by atomic mass is 10.1. The summed E-state index contributed by atoms with van der Waals surface area (Å²) >= 11 is 0. The number of hydrogen-bond acceptors (Lipinski definition) is 4. The summed E-state index contributed by atoms with van der Waals surface area (Å²) in [6.45, 7) is 0. The molecule has 0 spiro atoms. The van der Waals surface area contributed by atoms with Gasteiger partial charge in [0.1, 0.15) is 0 Å². The van der Waals surface area contributed by atoms with Gasteiger partial charge in [0.05, 0.1) is 5.69 Å². The monoisotopic (exact) mass is 282 g/mol. The van der Waals surface area contributed by atoms with Gasteiger partial charge in [-0.2, -0.15) is 9.61 Å². The van der Waals surface area contributed by atoms with Crippen LogP contribution in [0.3, 0.4) is 0 Å². The van der Waals surface area contributed by atoms with E-state index >= 15 is 0 Å². The fraction of sp³-hybridized carbons (Fsp3) is 0.200. The van der Waals surface area contributed by atoms with Gasteiger partial charge in [-0.1, -0.05) is 30.3 Å². The highest BCUT2D eigenvalue weighted by molar-refractivity contribution is 5.66. The van der Waals surface area contributed by atoms with Crippen molar-refractivity contribution < 1.29 is 9.90 Å². The average Bonchev–Trinajstić information content (AvgIpc) is 2.90. The molecular weight excluding hydrogens is 268 g/mol. The minimum atomic E-state index is -0.804. The van der Waals surface area contributed by atoms with Crippen LogP contribution in [0.25, 0.3) is 16.9 Å². The summed E-state index contributed by atoms with van der Waals surface area (Å²) in [5, 5.41) is 21.4. The van der Waals surface area contributed by atoms with Gasteiger partial charge in [0, 0.05) is 18.4 Å². The maximum Gasteiger partial charge on any atom is 0.303 e. The van der Waals surface area contributed by atoms with Gasteiger partial charge in [-0.25, -0.2) is 0 Å². The molecule has 0 radical (unpaired) electrons. The molecule has 0 unspecified atom stereocenters. The molecule has 1 aromatic carbocycles. The molecule has 0 fully saturated rings. The summed E-state index contributed by atoms with van der Waals surface area (Å²) in [4.78, 5) is 10.6. The van der Waals surface area contributed by atoms with Crippen molar-refractivity contribution in [2.24, 2.45) is 0 Å². The average molecular weight is 282 g/mol. The number of carboxylic acid groups (broad SMARTS) is 1. The van der Waals surface area contributed by atoms with Crippen LogP contribution in [0.4, 0.5) is 0 Å². The van der Waals surface area contributed by atoms with Crippen LogP contribution in [0.2, 0.25) is 0 Å². The fourth-order valence-corrected chi connectivity index (χ4v) is 2.15. The van der Waals surface area contributed by atoms with Crippen molar-refractivity contribution in [3.05, 3.63) is 48.3 Å². The minimum Gasteiger partial charge on any atom is -0.481 e. The fourth-order valence-electron chi connectivity index (χ4n) is 2.15. The van der Waals surface area contributed by atoms with Gasteiger partial charge in [-0.15, -0.1) is 10.2 Å². The molecule has 3 rings (SSSR count). The molecule has 6 nitrogen and oxygen atoms in total. The first-order valence-electron chi connectivity index (χ1n) is 6.72. The quantitative estimate of drug-likeness (QED) is 0.776. The van der Waals surface area contributed by atoms with Crippen LogP contribution in [-0.2, 0) is 11.2 Å². The summed E-state index contributed by atoms with van der Waals surface area (Å²) < 4.78 is 1.68. The molecule has 3 aromatic rings. The van der Waals surface area contributed by atoms with Crippen molar-refractivity contribution in [2.75, 3.05) is 0 Å². The number of fused-ring (bicyclic) bond motifs is 1. The third-order valence-corrected chi connectivity index (χ3v) is 3.19. The second-order valence-corrected chi connectivity index (χ2v) is 4.72. The van der Waals surface area contributed by atoms with Crippen LogP contribution >= 0.6 is 0 Å². The van der Waals surface area contributed by atoms with Gasteiger partial charge in [-0.05, 0) is 18.6 Å². The first-order chi connectivity index (χ1) is 10.2. The Bertz CT molecular complexity index is 768. The predicted molar refractivity (Wildman–Crippen MR) is 76.8 cm³/mol. The topological polar surface area (TPSA) is 80.4 Å². The van der Waals surface area contributed by atoms with E-state index in [0.29, 0.717) is 24.3 Å². The summed E-state index contributed by atoms with van der Waals surface area (Å²) in [6, 6.07) is 13.6. The van der Waals surface area contributed by atoms with Crippen LogP contribution < -0.4 is 0 Å². The lowest BCUT2D eigenvalue weighted by Gasteiger charge is -2.02. The standard InChI is InChI=1S/C15H14N4O2/c20-15(21)8-4-7-13-16-17-14-10-9-12(18-19(13)14)11-5-2-1-3-6-11/h1-3,5-6,9-10H,4,7-8H2,(H,20,21). The smallest absolute Gasteiger partial charge is 0.303 e. The summed E-state index contributed by atoms with van der Waals surface area (Å²) in [5.41, 5.74) is 2.52. The van der Waals surface area contributed by atoms with E-state index < -0.39 is 5.97 Å². The lowest BCUT2D eigenvalue weighted by Crippen LogP contribution is -2.02. The zero-order valence-electron chi connectivity index (χ0n) is 11.3. The molecule has 106 valence electrons. The Morgan fingerprint density at radius 2 is 1.90 bits per heavy atom. The van der Waals surface area contributed by atoms with Gasteiger partial charge in [0.15, 0.2) is 11.5 Å². The lowest BCUT2D eigenvalue weighted by molar-refractivity contribution is -0.137. The number of nitrogens with zero attached hydrogens (tertiary/aromatic N) is 4. The summed E-state index contributed by atoms with van der Waals surface area (Å²) in [7, 11) is 0. The molecule has 21 heavy (non-hydrogen) atoms. The Labute approximate surface area is 121 Å². The molecule has 0 saturated carbocycles. The predicted octanol–water partition coefficient (Wildman–Crippen LogP) is 2.20. The molecule has 6 heteroatoms. The highest BCUT2D eigenvalue weighted by Crippen LogP contribution is 2.17. The van der Waals surface area contributed by atoms with E-state index in [1.54, 1.807) is 4.52 Å². The Kier molecular flexibility index (Phi) is 3.59. The van der Waals surface area contributed by atoms with E-state index in [4.69, 9.17) is 5.11 Å². The molecule has 0 aliphatic rings. The van der Waals surface area contributed by atoms with Crippen LogP contribution in [0.5, 0.6) is 0 Å². The number of carbonyl (C=O) groups is 1. The molecule has 0 saturated heterocycles. The zero-order chi connectivity index (χ0) is 14.7. The van der Waals surface area contributed by atoms with Crippen molar-refractivity contribution in [1.29, 1.82) is 0 Å². The maximum absolute atomic E-state index is 10.6. The molecular formula is C15H14N4O2. The zero-order valence-corrected chi connectivity index (χ0v) is 11.3. The van der Waals surface area contributed by atoms with Gasteiger partial charge in [0.25, 0.3) is 0 Å². The van der Waals surface area contributed by atoms with Crippen molar-refractivity contribution >= 4 is 11.6 Å². The minimum absolute atomic E-state index is 0.118. The van der Waals surface area contributed by atoms with Crippen LogP contribution in [0.1, 0.15) is 18.7 Å². The van der Waals surface area contributed by atoms with Crippen molar-refractivity contribution in [3.63, 3.8) is 0 Å². The summed E-state index contributed by atoms with van der Waals surface area (Å²) in [6.07, 6.45) is 1.18.